The van der Waals surface area contributed by atoms with E-state index in [1.165, 1.54) is 7.11 Å². The van der Waals surface area contributed by atoms with E-state index < -0.39 is 0 Å². The summed E-state index contributed by atoms with van der Waals surface area (Å²) in [6.07, 6.45) is 0. The van der Waals surface area contributed by atoms with E-state index in [0.717, 1.165) is 38.3 Å². The van der Waals surface area contributed by atoms with Gasteiger partial charge in [0.25, 0.3) is 0 Å². The average Bonchev–Trinajstić information content (AvgIpc) is 2.49. The summed E-state index contributed by atoms with van der Waals surface area (Å²) < 4.78 is 5.01. The topological polar surface area (TPSA) is 58.8 Å². The molecule has 0 bridgehead atoms. The van der Waals surface area contributed by atoms with E-state index in [4.69, 9.17) is 22.1 Å². The van der Waals surface area contributed by atoms with Gasteiger partial charge in [0.2, 0.25) is 0 Å². The van der Waals surface area contributed by atoms with Gasteiger partial charge < -0.3 is 10.5 Å². The molecule has 1 aromatic rings. The number of methoxy groups -OCH3 is 1. The number of benzene rings is 1. The lowest BCUT2D eigenvalue weighted by Gasteiger charge is -2.40. The number of nitrogens with zero attached hydrogens (tertiary/aromatic N) is 2. The molecule has 0 amide bonds. The van der Waals surface area contributed by atoms with Crippen molar-refractivity contribution in [3.8, 4) is 0 Å². The van der Waals surface area contributed by atoms with Crippen LogP contribution in [-0.4, -0.2) is 61.1 Å². The van der Waals surface area contributed by atoms with Crippen LogP contribution in [0, 0.1) is 0 Å². The van der Waals surface area contributed by atoms with Crippen molar-refractivity contribution in [2.24, 2.45) is 5.73 Å². The number of ether oxygens (including phenoxy) is 1. The number of carbonyl (C=O) groups excluding carboxylic acids is 1. The summed E-state index contributed by atoms with van der Waals surface area (Å²) in [5.74, 6) is -0.236. The fraction of sp³-hybridized carbons (Fsp3) is 0.588. The molecular weight excluding hydrogens is 349 g/mol. The Bertz CT molecular complexity index is 524. The van der Waals surface area contributed by atoms with Crippen molar-refractivity contribution in [3.63, 3.8) is 0 Å². The van der Waals surface area contributed by atoms with Crippen LogP contribution in [0.3, 0.4) is 0 Å². The zero-order valence-corrected chi connectivity index (χ0v) is 16.1. The highest BCUT2D eigenvalue weighted by Crippen LogP contribution is 2.25. The van der Waals surface area contributed by atoms with E-state index in [1.807, 2.05) is 26.0 Å². The Hall–Kier alpha value is -0.850. The van der Waals surface area contributed by atoms with Crippen molar-refractivity contribution in [3.05, 3.63) is 34.9 Å². The minimum atomic E-state index is -0.384. The second-order valence-corrected chi connectivity index (χ2v) is 7.21. The second-order valence-electron chi connectivity index (χ2n) is 6.78. The third-order valence-corrected chi connectivity index (χ3v) is 4.27. The van der Waals surface area contributed by atoms with Gasteiger partial charge in [0.1, 0.15) is 6.04 Å². The predicted molar refractivity (Wildman–Crippen MR) is 99.7 cm³/mol. The monoisotopic (exact) mass is 375 g/mol. The number of nitrogens with two attached hydrogens (primary N) is 1. The first-order valence-electron chi connectivity index (χ1n) is 7.89. The highest BCUT2D eigenvalue weighted by Gasteiger charge is 2.32. The van der Waals surface area contributed by atoms with Crippen molar-refractivity contribution in [1.82, 2.24) is 9.80 Å². The summed E-state index contributed by atoms with van der Waals surface area (Å²) in [6, 6.07) is 7.00. The van der Waals surface area contributed by atoms with Crippen LogP contribution in [0.2, 0.25) is 5.02 Å². The number of hydrogen-bond acceptors (Lipinski definition) is 5. The van der Waals surface area contributed by atoms with Gasteiger partial charge in [0.15, 0.2) is 0 Å². The Morgan fingerprint density at radius 1 is 1.25 bits per heavy atom. The highest BCUT2D eigenvalue weighted by atomic mass is 35.5. The Balaban J connectivity index is 0.00000288. The van der Waals surface area contributed by atoms with Gasteiger partial charge in [-0.2, -0.15) is 0 Å². The van der Waals surface area contributed by atoms with Crippen molar-refractivity contribution < 1.29 is 9.53 Å². The molecular formula is C17H27Cl2N3O2. The molecule has 1 aliphatic heterocycles. The van der Waals surface area contributed by atoms with Crippen LogP contribution in [0.5, 0.6) is 0 Å². The van der Waals surface area contributed by atoms with Crippen molar-refractivity contribution in [1.29, 1.82) is 0 Å². The molecule has 1 unspecified atom stereocenters. The summed E-state index contributed by atoms with van der Waals surface area (Å²) >= 11 is 5.95. The van der Waals surface area contributed by atoms with Gasteiger partial charge >= 0.3 is 5.97 Å². The van der Waals surface area contributed by atoms with E-state index in [9.17, 15) is 4.79 Å². The molecule has 1 fully saturated rings. The number of piperazine rings is 1. The molecule has 136 valence electrons. The van der Waals surface area contributed by atoms with Crippen LogP contribution in [0.1, 0.15) is 25.5 Å². The van der Waals surface area contributed by atoms with E-state index >= 15 is 0 Å². The van der Waals surface area contributed by atoms with Crippen molar-refractivity contribution >= 4 is 30.0 Å². The lowest BCUT2D eigenvalue weighted by molar-refractivity contribution is -0.148. The number of hydrogen-bond donors (Lipinski definition) is 1. The summed E-state index contributed by atoms with van der Waals surface area (Å²) in [6.45, 7) is 8.31. The van der Waals surface area contributed by atoms with E-state index in [0.29, 0.717) is 5.02 Å². The minimum absolute atomic E-state index is 0. The second kappa shape index (κ2) is 9.02. The SMILES string of the molecule is COC(=O)C(c1ccc(Cl)cc1)N1CCN(CC(C)(C)N)CC1.Cl. The Morgan fingerprint density at radius 3 is 2.25 bits per heavy atom. The standard InChI is InChI=1S/C17H26ClN3O2.ClH/c1-17(2,19)12-20-8-10-21(11-9-20)15(16(22)23-3)13-4-6-14(18)7-5-13;/h4-7,15H,8-12,19H2,1-3H3;1H. The number of esters is 1. The molecule has 1 aromatic carbocycles. The molecule has 0 aromatic heterocycles. The quantitative estimate of drug-likeness (QED) is 0.800. The minimum Gasteiger partial charge on any atom is -0.468 e. The van der Waals surface area contributed by atoms with Crippen LogP contribution < -0.4 is 5.73 Å². The lowest BCUT2D eigenvalue weighted by atomic mass is 10.0. The maximum absolute atomic E-state index is 12.3. The molecule has 2 rings (SSSR count). The Kier molecular flexibility index (Phi) is 7.96. The van der Waals surface area contributed by atoms with Gasteiger partial charge in [0.05, 0.1) is 7.11 Å². The number of rotatable bonds is 5. The summed E-state index contributed by atoms with van der Waals surface area (Å²) in [4.78, 5) is 16.8. The normalized spacial score (nSPS) is 17.9. The molecule has 0 spiro atoms. The average molecular weight is 376 g/mol. The summed E-state index contributed by atoms with van der Waals surface area (Å²) in [7, 11) is 1.43. The molecule has 1 saturated heterocycles. The van der Waals surface area contributed by atoms with Crippen LogP contribution in [0.25, 0.3) is 0 Å². The van der Waals surface area contributed by atoms with Crippen LogP contribution in [0.15, 0.2) is 24.3 Å². The number of carbonyl (C=O) groups is 1. The first-order chi connectivity index (χ1) is 10.8. The smallest absolute Gasteiger partial charge is 0.327 e. The van der Waals surface area contributed by atoms with E-state index in [2.05, 4.69) is 9.80 Å². The molecule has 2 N–H and O–H groups in total. The van der Waals surface area contributed by atoms with Gasteiger partial charge in [-0.15, -0.1) is 12.4 Å². The molecule has 1 heterocycles. The summed E-state index contributed by atoms with van der Waals surface area (Å²) in [5, 5.41) is 0.660. The largest absolute Gasteiger partial charge is 0.468 e. The fourth-order valence-electron chi connectivity index (χ4n) is 3.01. The van der Waals surface area contributed by atoms with Gasteiger partial charge in [-0.05, 0) is 31.5 Å². The molecule has 5 nitrogen and oxygen atoms in total. The molecule has 0 saturated carbocycles. The van der Waals surface area contributed by atoms with Crippen molar-refractivity contribution in [2.75, 3.05) is 39.8 Å². The summed E-state index contributed by atoms with van der Waals surface area (Å²) in [5.41, 5.74) is 6.80. The third-order valence-electron chi connectivity index (χ3n) is 4.01. The van der Waals surface area contributed by atoms with Crippen LogP contribution in [0.4, 0.5) is 0 Å². The van der Waals surface area contributed by atoms with Gasteiger partial charge in [0, 0.05) is 43.3 Å². The first-order valence-corrected chi connectivity index (χ1v) is 8.26. The predicted octanol–water partition coefficient (Wildman–Crippen LogP) is 2.33. The van der Waals surface area contributed by atoms with E-state index in [-0.39, 0.29) is 30.0 Å². The Morgan fingerprint density at radius 2 is 1.79 bits per heavy atom. The third kappa shape index (κ3) is 5.90. The maximum atomic E-state index is 12.3. The van der Waals surface area contributed by atoms with Crippen LogP contribution in [-0.2, 0) is 9.53 Å². The van der Waals surface area contributed by atoms with Gasteiger partial charge in [-0.1, -0.05) is 23.7 Å². The highest BCUT2D eigenvalue weighted by molar-refractivity contribution is 6.30. The first kappa shape index (κ1) is 21.2. The molecule has 1 atom stereocenters. The van der Waals surface area contributed by atoms with Gasteiger partial charge in [-0.25, -0.2) is 4.79 Å². The molecule has 24 heavy (non-hydrogen) atoms. The maximum Gasteiger partial charge on any atom is 0.327 e. The molecule has 0 aliphatic carbocycles. The van der Waals surface area contributed by atoms with Crippen molar-refractivity contribution in [2.45, 2.75) is 25.4 Å². The zero-order valence-electron chi connectivity index (χ0n) is 14.5. The molecule has 7 heteroatoms. The Labute approximate surface area is 155 Å². The van der Waals surface area contributed by atoms with Crippen LogP contribution >= 0.6 is 24.0 Å². The molecule has 0 radical (unpaired) electrons. The van der Waals surface area contributed by atoms with E-state index in [1.54, 1.807) is 12.1 Å². The number of halogens is 2. The van der Waals surface area contributed by atoms with Gasteiger partial charge in [-0.3, -0.25) is 9.80 Å². The lowest BCUT2D eigenvalue weighted by Crippen LogP contribution is -2.54. The zero-order chi connectivity index (χ0) is 17.0. The molecule has 1 aliphatic rings. The fourth-order valence-corrected chi connectivity index (χ4v) is 3.13.